The lowest BCUT2D eigenvalue weighted by Gasteiger charge is -2.34. The van der Waals surface area contributed by atoms with E-state index in [1.165, 1.54) is 17.4 Å². The van der Waals surface area contributed by atoms with Crippen molar-refractivity contribution in [1.82, 2.24) is 10.2 Å². The number of para-hydroxylation sites is 1. The van der Waals surface area contributed by atoms with Gasteiger partial charge in [-0.2, -0.15) is 0 Å². The molecule has 2 saturated heterocycles. The van der Waals surface area contributed by atoms with Crippen molar-refractivity contribution in [1.29, 1.82) is 0 Å². The number of aliphatic imine (C=N–C) groups is 1. The van der Waals surface area contributed by atoms with Crippen molar-refractivity contribution in [2.24, 2.45) is 4.99 Å². The van der Waals surface area contributed by atoms with Crippen LogP contribution >= 0.6 is 11.8 Å². The molecular weight excluding hydrogens is 368 g/mol. The average molecular weight is 393 g/mol. The first kappa shape index (κ1) is 18.8. The minimum Gasteiger partial charge on any atom is -0.369 e. The van der Waals surface area contributed by atoms with E-state index in [0.29, 0.717) is 10.1 Å². The number of nitrogens with zero attached hydrogens (tertiary/aromatic N) is 3. The minimum atomic E-state index is -0.0968. The maximum Gasteiger partial charge on any atom is 0.264 e. The quantitative estimate of drug-likeness (QED) is 0.811. The predicted octanol–water partition coefficient (Wildman–Crippen LogP) is 3.64. The lowest BCUT2D eigenvalue weighted by atomic mass is 10.1. The van der Waals surface area contributed by atoms with Crippen molar-refractivity contribution in [3.05, 3.63) is 64.6 Å². The van der Waals surface area contributed by atoms with E-state index < -0.39 is 0 Å². The van der Waals surface area contributed by atoms with E-state index in [2.05, 4.69) is 51.4 Å². The van der Waals surface area contributed by atoms with Gasteiger partial charge < -0.3 is 15.1 Å². The summed E-state index contributed by atoms with van der Waals surface area (Å²) < 4.78 is 0. The molecule has 2 heterocycles. The second-order valence-corrected chi connectivity index (χ2v) is 8.18. The fourth-order valence-electron chi connectivity index (χ4n) is 3.28. The molecule has 0 aliphatic carbocycles. The Kier molecular flexibility index (Phi) is 5.50. The van der Waals surface area contributed by atoms with Gasteiger partial charge in [0.1, 0.15) is 0 Å². The van der Waals surface area contributed by atoms with Crippen molar-refractivity contribution in [2.75, 3.05) is 38.1 Å². The molecule has 0 saturated carbocycles. The largest absolute Gasteiger partial charge is 0.369 e. The van der Waals surface area contributed by atoms with Gasteiger partial charge >= 0.3 is 0 Å². The monoisotopic (exact) mass is 392 g/mol. The molecule has 28 heavy (non-hydrogen) atoms. The summed E-state index contributed by atoms with van der Waals surface area (Å²) in [7, 11) is 2.16. The van der Waals surface area contributed by atoms with Gasteiger partial charge in [-0.05, 0) is 61.1 Å². The number of carbonyl (C=O) groups excluding carboxylic acids is 1. The van der Waals surface area contributed by atoms with Crippen LogP contribution in [0.25, 0.3) is 6.08 Å². The molecule has 0 aromatic heterocycles. The first-order valence-electron chi connectivity index (χ1n) is 9.47. The van der Waals surface area contributed by atoms with E-state index in [1.54, 1.807) is 0 Å². The highest BCUT2D eigenvalue weighted by Crippen LogP contribution is 2.29. The number of anilines is 1. The summed E-state index contributed by atoms with van der Waals surface area (Å²) in [6.07, 6.45) is 1.92. The lowest BCUT2D eigenvalue weighted by molar-refractivity contribution is -0.115. The molecule has 2 aromatic rings. The molecule has 0 radical (unpaired) electrons. The SMILES string of the molecule is Cc1ccccc1N=C1NC(=O)/C(=C\c2ccc(N3CCN(C)CC3)cc2)S1. The molecular formula is C22H24N4OS. The fraction of sp³-hybridized carbons (Fsp3) is 0.273. The normalized spacial score (nSPS) is 20.8. The van der Waals surface area contributed by atoms with Crippen molar-refractivity contribution >= 4 is 40.3 Å². The number of amidine groups is 1. The molecule has 2 aliphatic heterocycles. The number of piperazine rings is 1. The van der Waals surface area contributed by atoms with E-state index in [1.807, 2.05) is 37.3 Å². The molecule has 0 bridgehead atoms. The van der Waals surface area contributed by atoms with Gasteiger partial charge in [0.25, 0.3) is 5.91 Å². The highest BCUT2D eigenvalue weighted by Gasteiger charge is 2.24. The number of nitrogens with one attached hydrogen (secondary N) is 1. The Morgan fingerprint density at radius 3 is 2.46 bits per heavy atom. The number of hydrogen-bond acceptors (Lipinski definition) is 5. The molecule has 5 nitrogen and oxygen atoms in total. The second-order valence-electron chi connectivity index (χ2n) is 7.15. The third kappa shape index (κ3) is 4.29. The van der Waals surface area contributed by atoms with Gasteiger partial charge in [-0.3, -0.25) is 4.79 Å². The zero-order chi connectivity index (χ0) is 19.5. The van der Waals surface area contributed by atoms with Crippen LogP contribution in [0.4, 0.5) is 11.4 Å². The molecule has 0 unspecified atom stereocenters. The number of thioether (sulfide) groups is 1. The van der Waals surface area contributed by atoms with Gasteiger partial charge in [-0.1, -0.05) is 30.3 Å². The molecule has 2 aliphatic rings. The van der Waals surface area contributed by atoms with Gasteiger partial charge in [0.2, 0.25) is 0 Å². The van der Waals surface area contributed by atoms with Gasteiger partial charge in [0.15, 0.2) is 5.17 Å². The maximum absolute atomic E-state index is 12.3. The highest BCUT2D eigenvalue weighted by atomic mass is 32.2. The number of carbonyl (C=O) groups is 1. The van der Waals surface area contributed by atoms with Crippen LogP contribution in [0.1, 0.15) is 11.1 Å². The van der Waals surface area contributed by atoms with Gasteiger partial charge in [0.05, 0.1) is 10.6 Å². The Bertz CT molecular complexity index is 928. The third-order valence-corrected chi connectivity index (χ3v) is 5.96. The molecule has 0 atom stereocenters. The Balaban J connectivity index is 1.47. The van der Waals surface area contributed by atoms with Crippen molar-refractivity contribution in [3.8, 4) is 0 Å². The summed E-state index contributed by atoms with van der Waals surface area (Å²) in [6, 6.07) is 16.3. The van der Waals surface area contributed by atoms with E-state index in [9.17, 15) is 4.79 Å². The van der Waals surface area contributed by atoms with E-state index in [0.717, 1.165) is 43.0 Å². The summed E-state index contributed by atoms with van der Waals surface area (Å²) in [5.41, 5.74) is 4.22. The van der Waals surface area contributed by atoms with E-state index in [4.69, 9.17) is 0 Å². The van der Waals surface area contributed by atoms with Crippen LogP contribution in [0, 0.1) is 6.92 Å². The van der Waals surface area contributed by atoms with Crippen LogP contribution in [0.15, 0.2) is 58.4 Å². The average Bonchev–Trinajstić information content (AvgIpc) is 3.04. The first-order chi connectivity index (χ1) is 13.6. The Labute approximate surface area is 170 Å². The predicted molar refractivity (Wildman–Crippen MR) is 118 cm³/mol. The molecule has 1 N–H and O–H groups in total. The topological polar surface area (TPSA) is 47.9 Å². The van der Waals surface area contributed by atoms with Gasteiger partial charge in [-0.25, -0.2) is 4.99 Å². The minimum absolute atomic E-state index is 0.0968. The summed E-state index contributed by atoms with van der Waals surface area (Å²) in [6.45, 7) is 6.29. The maximum atomic E-state index is 12.3. The first-order valence-corrected chi connectivity index (χ1v) is 10.3. The van der Waals surface area contributed by atoms with E-state index in [-0.39, 0.29) is 5.91 Å². The van der Waals surface area contributed by atoms with Gasteiger partial charge in [-0.15, -0.1) is 0 Å². The Morgan fingerprint density at radius 2 is 1.75 bits per heavy atom. The Hall–Kier alpha value is -2.57. The van der Waals surface area contributed by atoms with E-state index >= 15 is 0 Å². The summed E-state index contributed by atoms with van der Waals surface area (Å²) >= 11 is 1.38. The zero-order valence-electron chi connectivity index (χ0n) is 16.2. The molecule has 1 amide bonds. The van der Waals surface area contributed by atoms with Crippen LogP contribution in [0.3, 0.4) is 0 Å². The standard InChI is InChI=1S/C22H24N4OS/c1-16-5-3-4-6-19(16)23-22-24-21(27)20(28-22)15-17-7-9-18(10-8-17)26-13-11-25(2)12-14-26/h3-10,15H,11-14H2,1-2H3,(H,23,24,27)/b20-15+. The van der Waals surface area contributed by atoms with Crippen molar-refractivity contribution in [2.45, 2.75) is 6.92 Å². The summed E-state index contributed by atoms with van der Waals surface area (Å²) in [5, 5.41) is 3.48. The number of likely N-dealkylation sites (N-methyl/N-ethyl adjacent to an activating group) is 1. The number of hydrogen-bond donors (Lipinski definition) is 1. The highest BCUT2D eigenvalue weighted by molar-refractivity contribution is 8.18. The van der Waals surface area contributed by atoms with Crippen LogP contribution in [0.2, 0.25) is 0 Å². The number of rotatable bonds is 3. The molecule has 0 spiro atoms. The van der Waals surface area contributed by atoms with Crippen molar-refractivity contribution in [3.63, 3.8) is 0 Å². The summed E-state index contributed by atoms with van der Waals surface area (Å²) in [5.74, 6) is -0.0968. The van der Waals surface area contributed by atoms with Crippen LogP contribution in [-0.2, 0) is 4.79 Å². The van der Waals surface area contributed by atoms with Crippen LogP contribution in [0.5, 0.6) is 0 Å². The van der Waals surface area contributed by atoms with Crippen molar-refractivity contribution < 1.29 is 4.79 Å². The number of amides is 1. The smallest absolute Gasteiger partial charge is 0.264 e. The van der Waals surface area contributed by atoms with Crippen LogP contribution < -0.4 is 10.2 Å². The zero-order valence-corrected chi connectivity index (χ0v) is 17.0. The van der Waals surface area contributed by atoms with Gasteiger partial charge in [0, 0.05) is 31.9 Å². The fourth-order valence-corrected chi connectivity index (χ4v) is 4.11. The second kappa shape index (κ2) is 8.20. The lowest BCUT2D eigenvalue weighted by Crippen LogP contribution is -2.44. The third-order valence-electron chi connectivity index (χ3n) is 5.05. The molecule has 2 aromatic carbocycles. The molecule has 6 heteroatoms. The molecule has 2 fully saturated rings. The number of benzene rings is 2. The molecule has 144 valence electrons. The number of aryl methyl sites for hydroxylation is 1. The van der Waals surface area contributed by atoms with Crippen LogP contribution in [-0.4, -0.2) is 49.2 Å². The Morgan fingerprint density at radius 1 is 1.04 bits per heavy atom. The molecule has 4 rings (SSSR count). The summed E-state index contributed by atoms with van der Waals surface area (Å²) in [4.78, 5) is 22.3.